The highest BCUT2D eigenvalue weighted by Gasteiger charge is 2.35. The Kier molecular flexibility index (Phi) is 5.94. The number of nitrogens with zero attached hydrogens (tertiary/aromatic N) is 9. The van der Waals surface area contributed by atoms with E-state index in [0.717, 1.165) is 24.5 Å². The lowest BCUT2D eigenvalue weighted by Crippen LogP contribution is -2.10. The van der Waals surface area contributed by atoms with Crippen LogP contribution >= 0.6 is 0 Å². The van der Waals surface area contributed by atoms with E-state index in [9.17, 15) is 27.2 Å². The fourth-order valence-corrected chi connectivity index (χ4v) is 4.19. The van der Waals surface area contributed by atoms with Gasteiger partial charge in [0.25, 0.3) is 0 Å². The van der Waals surface area contributed by atoms with E-state index in [0.29, 0.717) is 17.8 Å². The number of nitrogen functional groups attached to an aromatic ring is 1. The highest BCUT2D eigenvalue weighted by Crippen LogP contribution is 2.40. The molecule has 0 unspecified atom stereocenters. The van der Waals surface area contributed by atoms with E-state index < -0.39 is 29.6 Å². The number of nitrogens with two attached hydrogens (primary N) is 1. The summed E-state index contributed by atoms with van der Waals surface area (Å²) in [5, 5.41) is 22.6. The van der Waals surface area contributed by atoms with Crippen molar-refractivity contribution in [2.45, 2.75) is 25.4 Å². The Labute approximate surface area is 210 Å². The SMILES string of the molecule is CC[C@@H](c1cn(-c2ccc(F)c(F)c2)nn1)c1c(C#N)c(-c2cnc(C(F)(F)F)nc2)c2c(N)ncnn12. The number of halogens is 5. The van der Waals surface area contributed by atoms with Gasteiger partial charge in [0.05, 0.1) is 28.8 Å². The topological polar surface area (TPSA) is 136 Å². The zero-order valence-electron chi connectivity index (χ0n) is 19.3. The van der Waals surface area contributed by atoms with Gasteiger partial charge < -0.3 is 5.73 Å². The van der Waals surface area contributed by atoms with Crippen LogP contribution in [0.1, 0.15) is 42.0 Å². The molecule has 0 bridgehead atoms. The first-order chi connectivity index (χ1) is 18.1. The van der Waals surface area contributed by atoms with Crippen LogP contribution < -0.4 is 5.73 Å². The van der Waals surface area contributed by atoms with Crippen molar-refractivity contribution in [3.05, 3.63) is 77.5 Å². The molecule has 4 aromatic heterocycles. The minimum atomic E-state index is -4.75. The average Bonchev–Trinajstić information content (AvgIpc) is 3.50. The van der Waals surface area contributed by atoms with Gasteiger partial charge in [0.1, 0.15) is 17.9 Å². The number of anilines is 1. The maximum Gasteiger partial charge on any atom is 0.451 e. The fourth-order valence-electron chi connectivity index (χ4n) is 4.19. The van der Waals surface area contributed by atoms with Crippen molar-refractivity contribution < 1.29 is 22.0 Å². The van der Waals surface area contributed by atoms with Gasteiger partial charge in [-0.25, -0.2) is 32.9 Å². The molecular weight excluding hydrogens is 511 g/mol. The predicted octanol–water partition coefficient (Wildman–Crippen LogP) is 4.06. The van der Waals surface area contributed by atoms with E-state index in [1.54, 1.807) is 0 Å². The van der Waals surface area contributed by atoms with Crippen LogP contribution in [0.5, 0.6) is 0 Å². The van der Waals surface area contributed by atoms with Gasteiger partial charge in [-0.05, 0) is 18.6 Å². The highest BCUT2D eigenvalue weighted by atomic mass is 19.4. The number of hydrogen-bond acceptors (Lipinski definition) is 8. The average molecular weight is 526 g/mol. The molecule has 4 heterocycles. The van der Waals surface area contributed by atoms with Crippen LogP contribution in [0, 0.1) is 23.0 Å². The summed E-state index contributed by atoms with van der Waals surface area (Å²) in [5.74, 6) is -4.07. The number of nitriles is 1. The quantitative estimate of drug-likeness (QED) is 0.339. The molecule has 0 aliphatic heterocycles. The second-order valence-corrected chi connectivity index (χ2v) is 8.09. The van der Waals surface area contributed by atoms with Crippen molar-refractivity contribution in [2.75, 3.05) is 5.73 Å². The van der Waals surface area contributed by atoms with Gasteiger partial charge in [-0.1, -0.05) is 12.1 Å². The van der Waals surface area contributed by atoms with Gasteiger partial charge >= 0.3 is 6.18 Å². The molecule has 1 aromatic carbocycles. The molecule has 1 atom stereocenters. The van der Waals surface area contributed by atoms with Crippen molar-refractivity contribution in [2.24, 2.45) is 0 Å². The Morgan fingerprint density at radius 3 is 2.47 bits per heavy atom. The van der Waals surface area contributed by atoms with Crippen LogP contribution in [0.25, 0.3) is 22.3 Å². The molecule has 0 spiro atoms. The molecule has 0 aliphatic rings. The number of alkyl halides is 3. The van der Waals surface area contributed by atoms with Gasteiger partial charge in [0.2, 0.25) is 5.82 Å². The first kappa shape index (κ1) is 24.7. The Morgan fingerprint density at radius 2 is 1.84 bits per heavy atom. The number of aromatic nitrogens is 8. The summed E-state index contributed by atoms with van der Waals surface area (Å²) < 4.78 is 68.8. The molecule has 192 valence electrons. The van der Waals surface area contributed by atoms with E-state index in [4.69, 9.17) is 5.73 Å². The van der Waals surface area contributed by atoms with Crippen LogP contribution in [-0.2, 0) is 6.18 Å². The van der Waals surface area contributed by atoms with Crippen molar-refractivity contribution >= 4 is 11.3 Å². The first-order valence-corrected chi connectivity index (χ1v) is 11.0. The second kappa shape index (κ2) is 9.14. The highest BCUT2D eigenvalue weighted by molar-refractivity contribution is 5.92. The molecule has 2 N–H and O–H groups in total. The summed E-state index contributed by atoms with van der Waals surface area (Å²) in [6.07, 6.45) is 0.187. The van der Waals surface area contributed by atoms with Gasteiger partial charge in [-0.15, -0.1) is 5.10 Å². The molecule has 0 radical (unpaired) electrons. The zero-order valence-corrected chi connectivity index (χ0v) is 19.3. The zero-order chi connectivity index (χ0) is 27.2. The smallest absolute Gasteiger partial charge is 0.382 e. The van der Waals surface area contributed by atoms with E-state index in [1.807, 2.05) is 6.92 Å². The third-order valence-corrected chi connectivity index (χ3v) is 5.87. The van der Waals surface area contributed by atoms with Crippen molar-refractivity contribution in [3.63, 3.8) is 0 Å². The Hall–Kier alpha value is -5.00. The second-order valence-electron chi connectivity index (χ2n) is 8.09. The normalized spacial score (nSPS) is 12.6. The van der Waals surface area contributed by atoms with Crippen LogP contribution in [0.3, 0.4) is 0 Å². The summed E-state index contributed by atoms with van der Waals surface area (Å²) in [7, 11) is 0. The molecule has 15 heteroatoms. The lowest BCUT2D eigenvalue weighted by molar-refractivity contribution is -0.144. The Balaban J connectivity index is 1.69. The Morgan fingerprint density at radius 1 is 1.11 bits per heavy atom. The van der Waals surface area contributed by atoms with Crippen molar-refractivity contribution in [1.82, 2.24) is 39.6 Å². The molecule has 0 saturated heterocycles. The maximum absolute atomic E-state index is 13.8. The van der Waals surface area contributed by atoms with Crippen LogP contribution in [-0.4, -0.2) is 39.6 Å². The summed E-state index contributed by atoms with van der Waals surface area (Å²) in [5.41, 5.74) is 7.50. The first-order valence-electron chi connectivity index (χ1n) is 11.0. The lowest BCUT2D eigenvalue weighted by atomic mass is 9.93. The molecule has 5 rings (SSSR count). The van der Waals surface area contributed by atoms with E-state index in [2.05, 4.69) is 36.4 Å². The van der Waals surface area contributed by atoms with Crippen LogP contribution in [0.4, 0.5) is 27.8 Å². The standard InChI is InChI=1S/C23H15F5N10/c1-2-13(17-9-37(36-35-17)12-3-4-15(24)16(25)5-12)19-14(6-29)18(20-21(30)33-10-34-38(19)20)11-7-31-22(32-8-11)23(26,27)28/h3-5,7-10,13H,2H2,1H3,(H2,30,33,34)/t13-/m0/s1. The van der Waals surface area contributed by atoms with Gasteiger partial charge in [-0.3, -0.25) is 0 Å². The fraction of sp³-hybridized carbons (Fsp3) is 0.174. The van der Waals surface area contributed by atoms with Crippen LogP contribution in [0.15, 0.2) is 43.1 Å². The predicted molar refractivity (Wildman–Crippen MR) is 122 cm³/mol. The third kappa shape index (κ3) is 4.05. The van der Waals surface area contributed by atoms with Crippen LogP contribution in [0.2, 0.25) is 0 Å². The van der Waals surface area contributed by atoms with Gasteiger partial charge in [0.15, 0.2) is 17.5 Å². The van der Waals surface area contributed by atoms with Crippen molar-refractivity contribution in [3.8, 4) is 22.9 Å². The molecule has 38 heavy (non-hydrogen) atoms. The maximum atomic E-state index is 13.8. The summed E-state index contributed by atoms with van der Waals surface area (Å²) in [4.78, 5) is 10.8. The monoisotopic (exact) mass is 526 g/mol. The summed E-state index contributed by atoms with van der Waals surface area (Å²) >= 11 is 0. The Bertz CT molecular complexity index is 1700. The number of hydrogen-bond donors (Lipinski definition) is 1. The minimum absolute atomic E-state index is 0.0297. The summed E-state index contributed by atoms with van der Waals surface area (Å²) in [6, 6.07) is 5.33. The van der Waals surface area contributed by atoms with Crippen molar-refractivity contribution in [1.29, 1.82) is 5.26 Å². The number of rotatable bonds is 5. The minimum Gasteiger partial charge on any atom is -0.382 e. The third-order valence-electron chi connectivity index (χ3n) is 5.87. The molecule has 0 amide bonds. The van der Waals surface area contributed by atoms with E-state index in [1.165, 1.54) is 27.8 Å². The lowest BCUT2D eigenvalue weighted by Gasteiger charge is -2.12. The molecule has 0 aliphatic carbocycles. The molecule has 5 aromatic rings. The number of fused-ring (bicyclic) bond motifs is 1. The number of benzene rings is 1. The van der Waals surface area contributed by atoms with E-state index >= 15 is 0 Å². The van der Waals surface area contributed by atoms with Gasteiger partial charge in [0, 0.05) is 35.5 Å². The van der Waals surface area contributed by atoms with Gasteiger partial charge in [-0.2, -0.15) is 23.5 Å². The summed E-state index contributed by atoms with van der Waals surface area (Å²) in [6.45, 7) is 1.81. The largest absolute Gasteiger partial charge is 0.451 e. The molecular formula is C23H15F5N10. The molecule has 10 nitrogen and oxygen atoms in total. The molecule has 0 saturated carbocycles. The molecule has 0 fully saturated rings. The van der Waals surface area contributed by atoms with E-state index in [-0.39, 0.29) is 33.7 Å².